The van der Waals surface area contributed by atoms with Crippen molar-refractivity contribution in [3.8, 4) is 11.1 Å². The first kappa shape index (κ1) is 36.2. The average molecular weight is 654 g/mol. The molecule has 0 bridgehead atoms. The van der Waals surface area contributed by atoms with Gasteiger partial charge in [-0.2, -0.15) is 0 Å². The Hall–Kier alpha value is -4.06. The van der Waals surface area contributed by atoms with E-state index in [1.54, 1.807) is 13.8 Å². The van der Waals surface area contributed by atoms with Gasteiger partial charge in [-0.05, 0) is 127 Å². The molecule has 0 aromatic heterocycles. The fourth-order valence-corrected chi connectivity index (χ4v) is 6.15. The second-order valence-corrected chi connectivity index (χ2v) is 14.6. The van der Waals surface area contributed by atoms with Crippen LogP contribution in [-0.4, -0.2) is 48.8 Å². The molecule has 0 saturated carbocycles. The van der Waals surface area contributed by atoms with Crippen LogP contribution in [-0.2, 0) is 4.65 Å². The van der Waals surface area contributed by atoms with E-state index in [2.05, 4.69) is 147 Å². The van der Waals surface area contributed by atoms with E-state index in [0.717, 1.165) is 37.9 Å². The topological polar surface area (TPSA) is 44.7 Å². The minimum atomic E-state index is -0.978. The first-order chi connectivity index (χ1) is 23.4. The van der Waals surface area contributed by atoms with Crippen LogP contribution in [0.4, 0.5) is 0 Å². The number of dihydropyridines is 1. The molecule has 2 heterocycles. The van der Waals surface area contributed by atoms with Crippen LogP contribution in [0.15, 0.2) is 127 Å². The Balaban J connectivity index is 1.59. The van der Waals surface area contributed by atoms with Gasteiger partial charge in [-0.15, -0.1) is 0 Å². The summed E-state index contributed by atoms with van der Waals surface area (Å²) in [4.78, 5) is 2.24. The zero-order chi connectivity index (χ0) is 35.0. The van der Waals surface area contributed by atoms with Gasteiger partial charge in [0.15, 0.2) is 0 Å². The van der Waals surface area contributed by atoms with Crippen LogP contribution in [0.3, 0.4) is 0 Å². The molecule has 0 amide bonds. The summed E-state index contributed by atoms with van der Waals surface area (Å²) in [6.07, 6.45) is 29.9. The van der Waals surface area contributed by atoms with E-state index in [9.17, 15) is 5.11 Å². The zero-order valence-electron chi connectivity index (χ0n) is 30.5. The molecule has 2 atom stereocenters. The third-order valence-corrected chi connectivity index (χ3v) is 9.81. The predicted octanol–water partition coefficient (Wildman–Crippen LogP) is 9.94. The van der Waals surface area contributed by atoms with Crippen LogP contribution in [0.5, 0.6) is 0 Å². The standard InChI is InChI=1S/C44H54BN2O2/c1-8-9-15-33(24-32(2)45-49-44(5,6)43(3,4)48)40-27-41(36-17-11-10-16-35(26-36)39-21-14-23-47(7)31-39)29-42(28-40)37-19-12-18-34(25-37)38-20-13-22-46-30-38/h9-10,12-16,18-21,23-30,32,36,46,48H,8,11,17,22,31H2,1-7H3/b15-9-,33-24+. The van der Waals surface area contributed by atoms with Crippen molar-refractivity contribution < 1.29 is 9.76 Å². The highest BCUT2D eigenvalue weighted by molar-refractivity contribution is 6.30. The van der Waals surface area contributed by atoms with E-state index >= 15 is 0 Å². The summed E-state index contributed by atoms with van der Waals surface area (Å²) < 4.78 is 6.18. The lowest BCUT2D eigenvalue weighted by molar-refractivity contribution is -0.0906. The van der Waals surface area contributed by atoms with Crippen LogP contribution in [0.25, 0.3) is 22.3 Å². The Bertz CT molecular complexity index is 1730. The fraction of sp³-hybridized carbons (Fsp3) is 0.364. The van der Waals surface area contributed by atoms with Gasteiger partial charge in [0, 0.05) is 32.3 Å². The maximum atomic E-state index is 10.7. The van der Waals surface area contributed by atoms with E-state index in [-0.39, 0.29) is 11.7 Å². The van der Waals surface area contributed by atoms with E-state index in [1.165, 1.54) is 44.5 Å². The first-order valence-corrected chi connectivity index (χ1v) is 17.9. The van der Waals surface area contributed by atoms with Crippen molar-refractivity contribution in [2.45, 2.75) is 83.7 Å². The minimum Gasteiger partial charge on any atom is -0.432 e. The zero-order valence-corrected chi connectivity index (χ0v) is 30.5. The molecule has 5 heteroatoms. The normalized spacial score (nSPS) is 19.3. The van der Waals surface area contributed by atoms with E-state index < -0.39 is 11.2 Å². The molecule has 255 valence electrons. The molecule has 2 aromatic carbocycles. The summed E-state index contributed by atoms with van der Waals surface area (Å²) in [5, 5.41) is 14.0. The number of aliphatic hydroxyl groups is 1. The molecule has 2 aromatic rings. The van der Waals surface area contributed by atoms with Gasteiger partial charge in [0.1, 0.15) is 0 Å². The predicted molar refractivity (Wildman–Crippen MR) is 210 cm³/mol. The SMILES string of the molecule is CC/C=C\C(=C/C(C)[B]OC(C)(C)C(C)(C)O)c1cc(-c2cccc(C3=CNCC=C3)c2)cc(C2C=C(C3=CC=CN(C)C3)C=CCC2)c1. The van der Waals surface area contributed by atoms with Gasteiger partial charge in [0.2, 0.25) is 0 Å². The third kappa shape index (κ3) is 9.56. The third-order valence-electron chi connectivity index (χ3n) is 9.81. The molecule has 1 aliphatic carbocycles. The van der Waals surface area contributed by atoms with Crippen LogP contribution in [0, 0.1) is 0 Å². The van der Waals surface area contributed by atoms with E-state index in [0.29, 0.717) is 0 Å². The van der Waals surface area contributed by atoms with E-state index in [4.69, 9.17) is 4.65 Å². The van der Waals surface area contributed by atoms with Gasteiger partial charge < -0.3 is 20.0 Å². The molecular weight excluding hydrogens is 599 g/mol. The van der Waals surface area contributed by atoms with Crippen LogP contribution < -0.4 is 5.32 Å². The largest absolute Gasteiger partial charge is 0.432 e. The van der Waals surface area contributed by atoms with Gasteiger partial charge in [0.05, 0.1) is 11.2 Å². The van der Waals surface area contributed by atoms with Crippen molar-refractivity contribution in [2.75, 3.05) is 20.1 Å². The molecular formula is C44H54BN2O2. The molecule has 5 rings (SSSR count). The Morgan fingerprint density at radius 2 is 1.86 bits per heavy atom. The quantitative estimate of drug-likeness (QED) is 0.177. The second-order valence-electron chi connectivity index (χ2n) is 14.6. The molecule has 2 unspecified atom stereocenters. The molecule has 0 fully saturated rings. The number of likely N-dealkylation sites (N-methyl/N-ethyl adjacent to an activating group) is 1. The number of hydrogen-bond donors (Lipinski definition) is 2. The lowest BCUT2D eigenvalue weighted by Crippen LogP contribution is -2.48. The maximum absolute atomic E-state index is 10.7. The Labute approximate surface area is 296 Å². The Morgan fingerprint density at radius 1 is 1.06 bits per heavy atom. The highest BCUT2D eigenvalue weighted by Gasteiger charge is 2.36. The Kier molecular flexibility index (Phi) is 11.9. The summed E-state index contributed by atoms with van der Waals surface area (Å²) in [6.45, 7) is 13.5. The van der Waals surface area contributed by atoms with Crippen molar-refractivity contribution >= 4 is 18.6 Å². The average Bonchev–Trinajstić information content (AvgIpc) is 3.36. The van der Waals surface area contributed by atoms with Gasteiger partial charge in [0.25, 0.3) is 7.48 Å². The maximum Gasteiger partial charge on any atom is 0.300 e. The molecule has 0 saturated heterocycles. The molecule has 0 spiro atoms. The smallest absolute Gasteiger partial charge is 0.300 e. The first-order valence-electron chi connectivity index (χ1n) is 17.9. The number of nitrogens with zero attached hydrogens (tertiary/aromatic N) is 1. The van der Waals surface area contributed by atoms with E-state index in [1.807, 2.05) is 21.3 Å². The van der Waals surface area contributed by atoms with Crippen molar-refractivity contribution in [3.05, 3.63) is 143 Å². The van der Waals surface area contributed by atoms with Crippen LogP contribution >= 0.6 is 0 Å². The van der Waals surface area contributed by atoms with Gasteiger partial charge in [-0.3, -0.25) is 0 Å². The number of benzene rings is 2. The summed E-state index contributed by atoms with van der Waals surface area (Å²) in [6, 6.07) is 16.0. The highest BCUT2D eigenvalue weighted by atomic mass is 16.5. The fourth-order valence-electron chi connectivity index (χ4n) is 6.15. The molecule has 3 aliphatic rings. The van der Waals surface area contributed by atoms with Crippen molar-refractivity contribution in [1.29, 1.82) is 0 Å². The molecule has 1 radical (unpaired) electrons. The number of hydrogen-bond acceptors (Lipinski definition) is 4. The van der Waals surface area contributed by atoms with Crippen molar-refractivity contribution in [1.82, 2.24) is 10.2 Å². The minimum absolute atomic E-state index is 0.0166. The molecule has 4 nitrogen and oxygen atoms in total. The van der Waals surface area contributed by atoms with Crippen LogP contribution in [0.1, 0.15) is 83.4 Å². The number of allylic oxidation sites excluding steroid dienone is 11. The monoisotopic (exact) mass is 653 g/mol. The lowest BCUT2D eigenvalue weighted by atomic mass is 9.77. The lowest BCUT2D eigenvalue weighted by Gasteiger charge is -2.38. The molecule has 2 aliphatic heterocycles. The summed E-state index contributed by atoms with van der Waals surface area (Å²) >= 11 is 0. The Morgan fingerprint density at radius 3 is 2.59 bits per heavy atom. The number of nitrogens with one attached hydrogen (secondary N) is 1. The van der Waals surface area contributed by atoms with Crippen LogP contribution in [0.2, 0.25) is 5.82 Å². The second kappa shape index (κ2) is 16.1. The number of rotatable bonds is 12. The highest BCUT2D eigenvalue weighted by Crippen LogP contribution is 2.37. The van der Waals surface area contributed by atoms with Gasteiger partial charge in [-0.1, -0.05) is 98.9 Å². The summed E-state index contributed by atoms with van der Waals surface area (Å²) in [5.74, 6) is 0.288. The van der Waals surface area contributed by atoms with Gasteiger partial charge >= 0.3 is 0 Å². The molecule has 49 heavy (non-hydrogen) atoms. The van der Waals surface area contributed by atoms with Crippen molar-refractivity contribution in [2.24, 2.45) is 0 Å². The summed E-state index contributed by atoms with van der Waals surface area (Å²) in [5.41, 5.74) is 9.44. The molecule has 2 N–H and O–H groups in total. The summed E-state index contributed by atoms with van der Waals surface area (Å²) in [7, 11) is 3.99. The van der Waals surface area contributed by atoms with Gasteiger partial charge in [-0.25, -0.2) is 0 Å². The van der Waals surface area contributed by atoms with Crippen molar-refractivity contribution in [3.63, 3.8) is 0 Å².